The zero-order valence-electron chi connectivity index (χ0n) is 8.76. The predicted octanol–water partition coefficient (Wildman–Crippen LogP) is 3.77. The Balaban J connectivity index is 2.10. The molecular formula is C12H15BrClN. The third-order valence-electron chi connectivity index (χ3n) is 3.39. The van der Waals surface area contributed by atoms with Crippen molar-refractivity contribution in [1.82, 2.24) is 0 Å². The molecule has 1 saturated carbocycles. The summed E-state index contributed by atoms with van der Waals surface area (Å²) in [4.78, 5) is 0. The molecule has 1 aromatic carbocycles. The van der Waals surface area contributed by atoms with Crippen molar-refractivity contribution in [1.29, 1.82) is 0 Å². The molecule has 15 heavy (non-hydrogen) atoms. The number of benzene rings is 1. The highest BCUT2D eigenvalue weighted by Crippen LogP contribution is 2.48. The van der Waals surface area contributed by atoms with Crippen LogP contribution in [-0.2, 0) is 6.42 Å². The fraction of sp³-hybridized carbons (Fsp3) is 0.500. The third kappa shape index (κ3) is 2.55. The first-order valence-electron chi connectivity index (χ1n) is 5.21. The Hall–Kier alpha value is -0.0500. The zero-order chi connectivity index (χ0) is 11.1. The normalized spacial score (nSPS) is 20.0. The molecule has 0 bridgehead atoms. The molecule has 1 unspecified atom stereocenters. The van der Waals surface area contributed by atoms with Gasteiger partial charge in [-0.3, -0.25) is 0 Å². The molecule has 1 aliphatic carbocycles. The number of hydrogen-bond acceptors (Lipinski definition) is 1. The van der Waals surface area contributed by atoms with Crippen molar-refractivity contribution >= 4 is 27.5 Å². The highest BCUT2D eigenvalue weighted by molar-refractivity contribution is 9.10. The quantitative estimate of drug-likeness (QED) is 0.900. The van der Waals surface area contributed by atoms with Crippen molar-refractivity contribution in [3.05, 3.63) is 33.3 Å². The van der Waals surface area contributed by atoms with Crippen LogP contribution in [-0.4, -0.2) is 6.04 Å². The monoisotopic (exact) mass is 287 g/mol. The molecule has 0 amide bonds. The smallest absolute Gasteiger partial charge is 0.0449 e. The average molecular weight is 289 g/mol. The van der Waals surface area contributed by atoms with Gasteiger partial charge < -0.3 is 5.73 Å². The Morgan fingerprint density at radius 3 is 2.73 bits per heavy atom. The molecule has 0 radical (unpaired) electrons. The molecule has 0 aliphatic heterocycles. The molecule has 1 nitrogen and oxygen atoms in total. The van der Waals surface area contributed by atoms with E-state index in [4.69, 9.17) is 17.3 Å². The van der Waals surface area contributed by atoms with E-state index in [1.807, 2.05) is 12.1 Å². The molecule has 1 atom stereocenters. The topological polar surface area (TPSA) is 26.0 Å². The van der Waals surface area contributed by atoms with E-state index in [9.17, 15) is 0 Å². The summed E-state index contributed by atoms with van der Waals surface area (Å²) in [7, 11) is 0. The lowest BCUT2D eigenvalue weighted by Gasteiger charge is -2.19. The second-order valence-electron chi connectivity index (χ2n) is 4.70. The van der Waals surface area contributed by atoms with Crippen molar-refractivity contribution in [3.8, 4) is 0 Å². The SMILES string of the molecule is CC1(C(N)Cc2ccc(Br)cc2Cl)CC1. The van der Waals surface area contributed by atoms with Crippen molar-refractivity contribution in [3.63, 3.8) is 0 Å². The maximum atomic E-state index is 6.18. The highest BCUT2D eigenvalue weighted by Gasteiger charge is 2.42. The summed E-state index contributed by atoms with van der Waals surface area (Å²) in [6, 6.07) is 6.23. The van der Waals surface area contributed by atoms with Gasteiger partial charge in [0.15, 0.2) is 0 Å². The fourth-order valence-electron chi connectivity index (χ4n) is 1.74. The molecule has 0 saturated heterocycles. The van der Waals surface area contributed by atoms with E-state index in [0.717, 1.165) is 21.5 Å². The molecular weight excluding hydrogens is 273 g/mol. The number of hydrogen-bond donors (Lipinski definition) is 1. The summed E-state index contributed by atoms with van der Waals surface area (Å²) in [5.74, 6) is 0. The van der Waals surface area contributed by atoms with Gasteiger partial charge in [0.05, 0.1) is 0 Å². The Labute approximate surface area is 104 Å². The van der Waals surface area contributed by atoms with Gasteiger partial charge in [-0.25, -0.2) is 0 Å². The minimum Gasteiger partial charge on any atom is -0.327 e. The zero-order valence-corrected chi connectivity index (χ0v) is 11.1. The lowest BCUT2D eigenvalue weighted by atomic mass is 9.93. The lowest BCUT2D eigenvalue weighted by Crippen LogP contribution is -2.31. The molecule has 0 aromatic heterocycles. The van der Waals surface area contributed by atoms with E-state index in [1.54, 1.807) is 0 Å². The average Bonchev–Trinajstić information content (AvgIpc) is 2.90. The van der Waals surface area contributed by atoms with Crippen LogP contribution < -0.4 is 5.73 Å². The minimum absolute atomic E-state index is 0.233. The summed E-state index contributed by atoms with van der Waals surface area (Å²) in [6.07, 6.45) is 3.38. The van der Waals surface area contributed by atoms with Gasteiger partial charge in [-0.2, -0.15) is 0 Å². The Morgan fingerprint density at radius 1 is 1.53 bits per heavy atom. The minimum atomic E-state index is 0.233. The maximum absolute atomic E-state index is 6.18. The van der Waals surface area contributed by atoms with Crippen LogP contribution >= 0.6 is 27.5 Å². The standard InChI is InChI=1S/C12H15BrClN/c1-12(4-5-12)11(15)6-8-2-3-9(13)7-10(8)14/h2-3,7,11H,4-6,15H2,1H3. The Morgan fingerprint density at radius 2 is 2.20 bits per heavy atom. The molecule has 1 aliphatic rings. The molecule has 2 rings (SSSR count). The van der Waals surface area contributed by atoms with Crippen molar-refractivity contribution in [2.45, 2.75) is 32.2 Å². The van der Waals surface area contributed by atoms with Crippen LogP contribution in [0.2, 0.25) is 5.02 Å². The van der Waals surface area contributed by atoms with Gasteiger partial charge in [0, 0.05) is 15.5 Å². The first kappa shape index (κ1) is 11.4. The van der Waals surface area contributed by atoms with E-state index in [1.165, 1.54) is 12.8 Å². The summed E-state index contributed by atoms with van der Waals surface area (Å²) < 4.78 is 1.02. The van der Waals surface area contributed by atoms with Gasteiger partial charge >= 0.3 is 0 Å². The lowest BCUT2D eigenvalue weighted by molar-refractivity contribution is 0.433. The van der Waals surface area contributed by atoms with Crippen LogP contribution in [0.5, 0.6) is 0 Å². The first-order chi connectivity index (χ1) is 7.01. The van der Waals surface area contributed by atoms with Gasteiger partial charge in [-0.05, 0) is 42.4 Å². The fourth-order valence-corrected chi connectivity index (χ4v) is 2.49. The van der Waals surface area contributed by atoms with Gasteiger partial charge in [0.1, 0.15) is 0 Å². The molecule has 0 spiro atoms. The molecule has 1 aromatic rings. The van der Waals surface area contributed by atoms with Crippen LogP contribution in [0.3, 0.4) is 0 Å². The number of halogens is 2. The Kier molecular flexibility index (Phi) is 3.11. The predicted molar refractivity (Wildman–Crippen MR) is 68.2 cm³/mol. The molecule has 1 fully saturated rings. The highest BCUT2D eigenvalue weighted by atomic mass is 79.9. The molecule has 3 heteroatoms. The van der Waals surface area contributed by atoms with Crippen LogP contribution in [0.15, 0.2) is 22.7 Å². The van der Waals surface area contributed by atoms with Crippen LogP contribution in [0.4, 0.5) is 0 Å². The van der Waals surface area contributed by atoms with Crippen molar-refractivity contribution < 1.29 is 0 Å². The largest absolute Gasteiger partial charge is 0.327 e. The van der Waals surface area contributed by atoms with E-state index in [0.29, 0.717) is 5.41 Å². The molecule has 0 heterocycles. The number of nitrogens with two attached hydrogens (primary N) is 1. The van der Waals surface area contributed by atoms with Crippen LogP contribution in [0.25, 0.3) is 0 Å². The summed E-state index contributed by atoms with van der Waals surface area (Å²) >= 11 is 9.56. The Bertz CT molecular complexity index is 374. The van der Waals surface area contributed by atoms with Gasteiger partial charge in [-0.15, -0.1) is 0 Å². The van der Waals surface area contributed by atoms with Gasteiger partial charge in [0.25, 0.3) is 0 Å². The van der Waals surface area contributed by atoms with E-state index >= 15 is 0 Å². The van der Waals surface area contributed by atoms with Gasteiger partial charge in [0.2, 0.25) is 0 Å². The third-order valence-corrected chi connectivity index (χ3v) is 4.23. The van der Waals surface area contributed by atoms with Crippen molar-refractivity contribution in [2.75, 3.05) is 0 Å². The second kappa shape index (κ2) is 4.08. The van der Waals surface area contributed by atoms with E-state index in [-0.39, 0.29) is 6.04 Å². The van der Waals surface area contributed by atoms with Crippen molar-refractivity contribution in [2.24, 2.45) is 11.1 Å². The molecule has 2 N–H and O–H groups in total. The van der Waals surface area contributed by atoms with Crippen LogP contribution in [0.1, 0.15) is 25.3 Å². The summed E-state index contributed by atoms with van der Waals surface area (Å²) in [5.41, 5.74) is 7.69. The van der Waals surface area contributed by atoms with E-state index < -0.39 is 0 Å². The van der Waals surface area contributed by atoms with E-state index in [2.05, 4.69) is 28.9 Å². The second-order valence-corrected chi connectivity index (χ2v) is 6.02. The maximum Gasteiger partial charge on any atom is 0.0449 e. The van der Waals surface area contributed by atoms with Crippen LogP contribution in [0, 0.1) is 5.41 Å². The number of rotatable bonds is 3. The summed E-state index contributed by atoms with van der Waals surface area (Å²) in [6.45, 7) is 2.25. The molecule has 82 valence electrons. The first-order valence-corrected chi connectivity index (χ1v) is 6.38. The summed E-state index contributed by atoms with van der Waals surface area (Å²) in [5, 5.41) is 0.809. The van der Waals surface area contributed by atoms with Gasteiger partial charge in [-0.1, -0.05) is 40.5 Å².